The third-order valence-corrected chi connectivity index (χ3v) is 3.90. The lowest BCUT2D eigenvalue weighted by Crippen LogP contribution is -2.42. The molecule has 0 heterocycles. The van der Waals surface area contributed by atoms with Crippen molar-refractivity contribution in [1.82, 2.24) is 5.32 Å². The second-order valence-corrected chi connectivity index (χ2v) is 5.76. The minimum atomic E-state index is -0.754. The summed E-state index contributed by atoms with van der Waals surface area (Å²) in [5.74, 6) is 1.16. The number of methoxy groups -OCH3 is 1. The molecular formula is C16H23NO3. The van der Waals surface area contributed by atoms with Crippen LogP contribution in [0.5, 0.6) is 5.75 Å². The third-order valence-electron chi connectivity index (χ3n) is 3.90. The van der Waals surface area contributed by atoms with Gasteiger partial charge in [-0.3, -0.25) is 4.79 Å². The second kappa shape index (κ2) is 6.27. The summed E-state index contributed by atoms with van der Waals surface area (Å²) in [4.78, 5) is 11.8. The van der Waals surface area contributed by atoms with E-state index in [0.29, 0.717) is 25.3 Å². The van der Waals surface area contributed by atoms with Crippen LogP contribution in [0.25, 0.3) is 0 Å². The van der Waals surface area contributed by atoms with Crippen LogP contribution in [0.1, 0.15) is 31.7 Å². The van der Waals surface area contributed by atoms with Crippen molar-refractivity contribution in [1.29, 1.82) is 0 Å². The van der Waals surface area contributed by atoms with Crippen LogP contribution >= 0.6 is 0 Å². The second-order valence-electron chi connectivity index (χ2n) is 5.76. The van der Waals surface area contributed by atoms with E-state index in [1.165, 1.54) is 0 Å². The largest absolute Gasteiger partial charge is 0.497 e. The first kappa shape index (κ1) is 14.9. The molecule has 0 radical (unpaired) electrons. The van der Waals surface area contributed by atoms with Crippen molar-refractivity contribution in [3.05, 3.63) is 29.8 Å². The van der Waals surface area contributed by atoms with E-state index in [1.54, 1.807) is 14.0 Å². The molecule has 4 nitrogen and oxygen atoms in total. The Morgan fingerprint density at radius 3 is 2.60 bits per heavy atom. The molecule has 4 heteroatoms. The fourth-order valence-electron chi connectivity index (χ4n) is 2.27. The Hall–Kier alpha value is -1.55. The van der Waals surface area contributed by atoms with E-state index < -0.39 is 5.60 Å². The van der Waals surface area contributed by atoms with Gasteiger partial charge in [0.05, 0.1) is 12.7 Å². The summed E-state index contributed by atoms with van der Waals surface area (Å²) < 4.78 is 5.09. The maximum atomic E-state index is 11.8. The number of nitrogens with one attached hydrogen (secondary N) is 1. The SMILES string of the molecule is COc1ccc(CCC(=O)NC[C@@](C)(O)C2CC2)cc1. The number of benzene rings is 1. The zero-order valence-corrected chi connectivity index (χ0v) is 12.2. The normalized spacial score (nSPS) is 17.4. The van der Waals surface area contributed by atoms with Gasteiger partial charge in [0.15, 0.2) is 0 Å². The van der Waals surface area contributed by atoms with Crippen LogP contribution in [-0.4, -0.2) is 30.3 Å². The number of aliphatic hydroxyl groups is 1. The van der Waals surface area contributed by atoms with Gasteiger partial charge < -0.3 is 15.2 Å². The number of rotatable bonds is 7. The highest BCUT2D eigenvalue weighted by molar-refractivity contribution is 5.76. The summed E-state index contributed by atoms with van der Waals surface area (Å²) in [6.45, 7) is 2.15. The molecule has 0 saturated heterocycles. The van der Waals surface area contributed by atoms with Crippen molar-refractivity contribution in [2.24, 2.45) is 5.92 Å². The van der Waals surface area contributed by atoms with Crippen LogP contribution < -0.4 is 10.1 Å². The molecule has 2 rings (SSSR count). The Bertz CT molecular complexity index is 449. The number of ether oxygens (including phenoxy) is 1. The third kappa shape index (κ3) is 4.23. The first-order chi connectivity index (χ1) is 9.51. The molecule has 1 amide bonds. The lowest BCUT2D eigenvalue weighted by Gasteiger charge is -2.23. The van der Waals surface area contributed by atoms with Crippen molar-refractivity contribution in [3.63, 3.8) is 0 Å². The van der Waals surface area contributed by atoms with Crippen molar-refractivity contribution in [2.75, 3.05) is 13.7 Å². The van der Waals surface area contributed by atoms with Crippen LogP contribution in [0.3, 0.4) is 0 Å². The average Bonchev–Trinajstić information content (AvgIpc) is 3.28. The van der Waals surface area contributed by atoms with Crippen LogP contribution in [0.4, 0.5) is 0 Å². The van der Waals surface area contributed by atoms with Crippen molar-refractivity contribution >= 4 is 5.91 Å². The van der Waals surface area contributed by atoms with Gasteiger partial charge in [0.1, 0.15) is 5.75 Å². The molecule has 1 saturated carbocycles. The molecule has 110 valence electrons. The summed E-state index contributed by atoms with van der Waals surface area (Å²) in [7, 11) is 1.63. The summed E-state index contributed by atoms with van der Waals surface area (Å²) >= 11 is 0. The van der Waals surface area contributed by atoms with Crippen LogP contribution in [0.2, 0.25) is 0 Å². The predicted molar refractivity (Wildman–Crippen MR) is 77.7 cm³/mol. The van der Waals surface area contributed by atoms with Crippen LogP contribution in [0, 0.1) is 5.92 Å². The number of amides is 1. The minimum Gasteiger partial charge on any atom is -0.497 e. The molecule has 0 bridgehead atoms. The summed E-state index contributed by atoms with van der Waals surface area (Å²) in [6, 6.07) is 7.72. The number of hydrogen-bond acceptors (Lipinski definition) is 3. The van der Waals surface area contributed by atoms with Crippen molar-refractivity contribution in [2.45, 2.75) is 38.2 Å². The summed E-state index contributed by atoms with van der Waals surface area (Å²) in [5, 5.41) is 12.9. The Morgan fingerprint density at radius 2 is 2.05 bits per heavy atom. The molecule has 0 aromatic heterocycles. The maximum absolute atomic E-state index is 11.8. The zero-order chi connectivity index (χ0) is 14.6. The van der Waals surface area contributed by atoms with Gasteiger partial charge in [-0.25, -0.2) is 0 Å². The number of carbonyl (C=O) groups is 1. The first-order valence-electron chi connectivity index (χ1n) is 7.13. The molecule has 1 fully saturated rings. The van der Waals surface area contributed by atoms with Gasteiger partial charge >= 0.3 is 0 Å². The molecule has 20 heavy (non-hydrogen) atoms. The van der Waals surface area contributed by atoms with Crippen molar-refractivity contribution in [3.8, 4) is 5.75 Å². The van der Waals surface area contributed by atoms with Gasteiger partial charge in [-0.1, -0.05) is 12.1 Å². The van der Waals surface area contributed by atoms with Gasteiger partial charge in [-0.2, -0.15) is 0 Å². The number of carbonyl (C=O) groups excluding carboxylic acids is 1. The van der Waals surface area contributed by atoms with Crippen molar-refractivity contribution < 1.29 is 14.6 Å². The fourth-order valence-corrected chi connectivity index (χ4v) is 2.27. The maximum Gasteiger partial charge on any atom is 0.220 e. The highest BCUT2D eigenvalue weighted by Crippen LogP contribution is 2.38. The van der Waals surface area contributed by atoms with Gasteiger partial charge in [0.25, 0.3) is 0 Å². The van der Waals surface area contributed by atoms with E-state index >= 15 is 0 Å². The molecule has 1 aromatic carbocycles. The van der Waals surface area contributed by atoms with E-state index in [4.69, 9.17) is 4.74 Å². The van der Waals surface area contributed by atoms with E-state index in [2.05, 4.69) is 5.32 Å². The molecule has 0 unspecified atom stereocenters. The molecular weight excluding hydrogens is 254 g/mol. The Morgan fingerprint density at radius 1 is 1.40 bits per heavy atom. The smallest absolute Gasteiger partial charge is 0.220 e. The monoisotopic (exact) mass is 277 g/mol. The average molecular weight is 277 g/mol. The lowest BCUT2D eigenvalue weighted by molar-refractivity contribution is -0.122. The molecule has 2 N–H and O–H groups in total. The molecule has 1 aliphatic carbocycles. The lowest BCUT2D eigenvalue weighted by atomic mass is 10.0. The minimum absolute atomic E-state index is 0.0123. The highest BCUT2D eigenvalue weighted by atomic mass is 16.5. The van der Waals surface area contributed by atoms with Gasteiger partial charge in [0, 0.05) is 13.0 Å². The Balaban J connectivity index is 1.71. The fraction of sp³-hybridized carbons (Fsp3) is 0.562. The van der Waals surface area contributed by atoms with E-state index in [9.17, 15) is 9.90 Å². The van der Waals surface area contributed by atoms with E-state index in [-0.39, 0.29) is 5.91 Å². The predicted octanol–water partition coefficient (Wildman–Crippen LogP) is 1.91. The molecule has 0 spiro atoms. The molecule has 0 aliphatic heterocycles. The first-order valence-corrected chi connectivity index (χ1v) is 7.13. The summed E-state index contributed by atoms with van der Waals surface area (Å²) in [6.07, 6.45) is 3.26. The van der Waals surface area contributed by atoms with E-state index in [0.717, 1.165) is 24.2 Å². The summed E-state index contributed by atoms with van der Waals surface area (Å²) in [5.41, 5.74) is 0.352. The van der Waals surface area contributed by atoms with Crippen LogP contribution in [0.15, 0.2) is 24.3 Å². The van der Waals surface area contributed by atoms with E-state index in [1.807, 2.05) is 24.3 Å². The topological polar surface area (TPSA) is 58.6 Å². The number of hydrogen-bond donors (Lipinski definition) is 2. The van der Waals surface area contributed by atoms with Crippen LogP contribution in [-0.2, 0) is 11.2 Å². The van der Waals surface area contributed by atoms with Gasteiger partial charge in [-0.05, 0) is 49.8 Å². The molecule has 1 aromatic rings. The Kier molecular flexibility index (Phi) is 4.65. The number of aryl methyl sites for hydroxylation is 1. The highest BCUT2D eigenvalue weighted by Gasteiger charge is 2.39. The molecule has 1 aliphatic rings. The molecule has 1 atom stereocenters. The quantitative estimate of drug-likeness (QED) is 0.800. The Labute approximate surface area is 120 Å². The zero-order valence-electron chi connectivity index (χ0n) is 12.2. The standard InChI is InChI=1S/C16H23NO3/c1-16(19,13-6-7-13)11-17-15(18)10-5-12-3-8-14(20-2)9-4-12/h3-4,8-9,13,19H,5-7,10-11H2,1-2H3,(H,17,18)/t16-/m1/s1. The van der Waals surface area contributed by atoms with Gasteiger partial charge in [-0.15, -0.1) is 0 Å². The van der Waals surface area contributed by atoms with Gasteiger partial charge in [0.2, 0.25) is 5.91 Å².